The normalized spacial score (nSPS) is 9.67. The molecule has 0 radical (unpaired) electrons. The Labute approximate surface area is 85.7 Å². The van der Waals surface area contributed by atoms with Crippen LogP contribution in [0.3, 0.4) is 0 Å². The van der Waals surface area contributed by atoms with Crippen LogP contribution < -0.4 is 5.32 Å². The number of aryl methyl sites for hydroxylation is 1. The number of benzene rings is 1. The van der Waals surface area contributed by atoms with Crippen molar-refractivity contribution in [2.24, 2.45) is 0 Å². The summed E-state index contributed by atoms with van der Waals surface area (Å²) in [6, 6.07) is 4.22. The van der Waals surface area contributed by atoms with Crippen LogP contribution in [0.2, 0.25) is 0 Å². The first-order chi connectivity index (χ1) is 7.00. The molecule has 6 heteroatoms. The lowest BCUT2D eigenvalue weighted by Gasteiger charge is -2.06. The van der Waals surface area contributed by atoms with Crippen molar-refractivity contribution in [3.8, 4) is 0 Å². The summed E-state index contributed by atoms with van der Waals surface area (Å²) >= 11 is 0. The van der Waals surface area contributed by atoms with Gasteiger partial charge in [0.15, 0.2) is 0 Å². The van der Waals surface area contributed by atoms with Crippen LogP contribution in [0.4, 0.5) is 11.4 Å². The second kappa shape index (κ2) is 4.41. The van der Waals surface area contributed by atoms with Gasteiger partial charge in [-0.15, -0.1) is 0 Å². The Morgan fingerprint density at radius 2 is 2.27 bits per heavy atom. The first kappa shape index (κ1) is 11.0. The van der Waals surface area contributed by atoms with Crippen LogP contribution in [0.1, 0.15) is 5.56 Å². The predicted molar refractivity (Wildman–Crippen MR) is 54.0 cm³/mol. The van der Waals surface area contributed by atoms with E-state index in [-0.39, 0.29) is 12.2 Å². The highest BCUT2D eigenvalue weighted by Crippen LogP contribution is 2.20. The van der Waals surface area contributed by atoms with E-state index in [0.29, 0.717) is 11.3 Å². The minimum atomic E-state index is -0.979. The first-order valence-electron chi connectivity index (χ1n) is 4.21. The van der Waals surface area contributed by atoms with Crippen molar-refractivity contribution in [2.75, 3.05) is 11.9 Å². The zero-order chi connectivity index (χ0) is 11.4. The van der Waals surface area contributed by atoms with Gasteiger partial charge < -0.3 is 10.4 Å². The van der Waals surface area contributed by atoms with Crippen molar-refractivity contribution in [3.63, 3.8) is 0 Å². The summed E-state index contributed by atoms with van der Waals surface area (Å²) in [6.07, 6.45) is 0. The average molecular weight is 210 g/mol. The Balaban J connectivity index is 2.83. The maximum atomic E-state index is 10.4. The molecular formula is C9H10N2O4. The molecule has 0 fully saturated rings. The van der Waals surface area contributed by atoms with E-state index in [1.54, 1.807) is 6.92 Å². The number of hydrogen-bond acceptors (Lipinski definition) is 4. The fourth-order valence-electron chi connectivity index (χ4n) is 1.13. The van der Waals surface area contributed by atoms with E-state index in [1.165, 1.54) is 18.2 Å². The number of carbonyl (C=O) groups is 1. The van der Waals surface area contributed by atoms with Crippen molar-refractivity contribution >= 4 is 17.3 Å². The number of nitro groups is 1. The van der Waals surface area contributed by atoms with E-state index in [2.05, 4.69) is 5.32 Å². The van der Waals surface area contributed by atoms with Crippen LogP contribution in [0.5, 0.6) is 0 Å². The topological polar surface area (TPSA) is 92.5 Å². The Morgan fingerprint density at radius 1 is 1.60 bits per heavy atom. The summed E-state index contributed by atoms with van der Waals surface area (Å²) in [5, 5.41) is 21.5. The summed E-state index contributed by atoms with van der Waals surface area (Å²) in [7, 11) is 0. The number of anilines is 1. The van der Waals surface area contributed by atoms with Crippen molar-refractivity contribution in [1.29, 1.82) is 0 Å². The van der Waals surface area contributed by atoms with E-state index in [4.69, 9.17) is 5.11 Å². The number of rotatable bonds is 4. The second-order valence-corrected chi connectivity index (χ2v) is 3.00. The summed E-state index contributed by atoms with van der Waals surface area (Å²) in [5.74, 6) is -0.979. The predicted octanol–water partition coefficient (Wildman–Crippen LogP) is 1.40. The van der Waals surface area contributed by atoms with Crippen LogP contribution in [-0.4, -0.2) is 22.5 Å². The lowest BCUT2D eigenvalue weighted by molar-refractivity contribution is -0.384. The molecule has 0 aliphatic heterocycles. The van der Waals surface area contributed by atoms with Gasteiger partial charge in [-0.3, -0.25) is 14.9 Å². The Bertz CT molecular complexity index is 403. The van der Waals surface area contributed by atoms with Gasteiger partial charge in [0.05, 0.1) is 4.92 Å². The molecule has 0 aliphatic rings. The maximum Gasteiger partial charge on any atom is 0.322 e. The molecule has 0 saturated heterocycles. The smallest absolute Gasteiger partial charge is 0.322 e. The van der Waals surface area contributed by atoms with Crippen LogP contribution in [0.15, 0.2) is 18.2 Å². The lowest BCUT2D eigenvalue weighted by atomic mass is 10.2. The van der Waals surface area contributed by atoms with Gasteiger partial charge >= 0.3 is 5.97 Å². The molecule has 0 amide bonds. The first-order valence-corrected chi connectivity index (χ1v) is 4.21. The van der Waals surface area contributed by atoms with Crippen LogP contribution in [0.25, 0.3) is 0 Å². The zero-order valence-electron chi connectivity index (χ0n) is 8.06. The highest BCUT2D eigenvalue weighted by Gasteiger charge is 2.08. The van der Waals surface area contributed by atoms with Crippen molar-refractivity contribution in [2.45, 2.75) is 6.92 Å². The third-order valence-electron chi connectivity index (χ3n) is 1.85. The number of nitrogens with one attached hydrogen (secondary N) is 1. The Kier molecular flexibility index (Phi) is 3.22. The van der Waals surface area contributed by atoms with Gasteiger partial charge in [0, 0.05) is 17.8 Å². The fourth-order valence-corrected chi connectivity index (χ4v) is 1.13. The highest BCUT2D eigenvalue weighted by molar-refractivity contribution is 5.73. The van der Waals surface area contributed by atoms with E-state index in [0.717, 1.165) is 0 Å². The second-order valence-electron chi connectivity index (χ2n) is 3.00. The van der Waals surface area contributed by atoms with E-state index >= 15 is 0 Å². The molecule has 0 heterocycles. The van der Waals surface area contributed by atoms with Crippen molar-refractivity contribution in [1.82, 2.24) is 0 Å². The summed E-state index contributed by atoms with van der Waals surface area (Å²) in [4.78, 5) is 20.2. The Hall–Kier alpha value is -2.11. The number of nitro benzene ring substituents is 1. The van der Waals surface area contributed by atoms with Gasteiger partial charge in [0.1, 0.15) is 6.54 Å². The Morgan fingerprint density at radius 3 is 2.73 bits per heavy atom. The van der Waals surface area contributed by atoms with Gasteiger partial charge in [-0.25, -0.2) is 0 Å². The molecule has 2 N–H and O–H groups in total. The average Bonchev–Trinajstić information content (AvgIpc) is 2.15. The number of hydrogen-bond donors (Lipinski definition) is 2. The van der Waals surface area contributed by atoms with Crippen LogP contribution in [0, 0.1) is 17.0 Å². The molecular weight excluding hydrogens is 200 g/mol. The molecule has 0 bridgehead atoms. The standard InChI is InChI=1S/C9H10N2O4/c1-6-4-7(11(14)15)2-3-8(6)10-5-9(12)13/h2-4,10H,5H2,1H3,(H,12,13). The highest BCUT2D eigenvalue weighted by atomic mass is 16.6. The van der Waals surface area contributed by atoms with Gasteiger partial charge in [0.25, 0.3) is 5.69 Å². The van der Waals surface area contributed by atoms with Crippen molar-refractivity contribution < 1.29 is 14.8 Å². The van der Waals surface area contributed by atoms with Gasteiger partial charge in [-0.05, 0) is 18.6 Å². The fraction of sp³-hybridized carbons (Fsp3) is 0.222. The molecule has 80 valence electrons. The van der Waals surface area contributed by atoms with Crippen LogP contribution in [-0.2, 0) is 4.79 Å². The molecule has 1 aromatic carbocycles. The zero-order valence-corrected chi connectivity index (χ0v) is 8.06. The van der Waals surface area contributed by atoms with E-state index in [1.807, 2.05) is 0 Å². The molecule has 1 rings (SSSR count). The molecule has 0 aromatic heterocycles. The number of non-ortho nitro benzene ring substituents is 1. The lowest BCUT2D eigenvalue weighted by Crippen LogP contribution is -2.12. The third kappa shape index (κ3) is 2.94. The number of nitrogens with zero attached hydrogens (tertiary/aromatic N) is 1. The summed E-state index contributed by atoms with van der Waals surface area (Å²) < 4.78 is 0. The molecule has 0 aliphatic carbocycles. The summed E-state index contributed by atoms with van der Waals surface area (Å²) in [5.41, 5.74) is 1.22. The minimum absolute atomic E-state index is 0.00613. The third-order valence-corrected chi connectivity index (χ3v) is 1.85. The molecule has 0 atom stereocenters. The SMILES string of the molecule is Cc1cc([N+](=O)[O-])ccc1NCC(=O)O. The van der Waals surface area contributed by atoms with Crippen LogP contribution >= 0.6 is 0 Å². The summed E-state index contributed by atoms with van der Waals surface area (Å²) in [6.45, 7) is 1.47. The molecule has 0 unspecified atom stereocenters. The number of carboxylic acids is 1. The van der Waals surface area contributed by atoms with E-state index < -0.39 is 10.9 Å². The number of carboxylic acid groups (broad SMARTS) is 1. The quantitative estimate of drug-likeness (QED) is 0.578. The molecule has 15 heavy (non-hydrogen) atoms. The van der Waals surface area contributed by atoms with Crippen molar-refractivity contribution in [3.05, 3.63) is 33.9 Å². The van der Waals surface area contributed by atoms with E-state index in [9.17, 15) is 14.9 Å². The minimum Gasteiger partial charge on any atom is -0.480 e. The van der Waals surface area contributed by atoms with Gasteiger partial charge in [-0.1, -0.05) is 0 Å². The molecule has 6 nitrogen and oxygen atoms in total. The van der Waals surface area contributed by atoms with Gasteiger partial charge in [-0.2, -0.15) is 0 Å². The molecule has 0 saturated carbocycles. The number of aliphatic carboxylic acids is 1. The largest absolute Gasteiger partial charge is 0.480 e. The van der Waals surface area contributed by atoms with Gasteiger partial charge in [0.2, 0.25) is 0 Å². The maximum absolute atomic E-state index is 10.4. The molecule has 1 aromatic rings. The monoisotopic (exact) mass is 210 g/mol. The molecule has 0 spiro atoms.